The van der Waals surface area contributed by atoms with E-state index in [1.54, 1.807) is 11.3 Å². The highest BCUT2D eigenvalue weighted by Gasteiger charge is 2.17. The molecule has 1 amide bonds. The van der Waals surface area contributed by atoms with E-state index in [4.69, 9.17) is 5.26 Å². The second-order valence-corrected chi connectivity index (χ2v) is 8.36. The van der Waals surface area contributed by atoms with E-state index in [0.717, 1.165) is 23.2 Å². The van der Waals surface area contributed by atoms with E-state index in [1.807, 2.05) is 30.3 Å². The van der Waals surface area contributed by atoms with Gasteiger partial charge in [0.25, 0.3) is 0 Å². The molecule has 0 saturated carbocycles. The largest absolute Gasteiger partial charge is 0.325 e. The molecule has 3 aromatic rings. The molecule has 2 N–H and O–H groups in total. The normalized spacial score (nSPS) is 12.7. The second-order valence-electron chi connectivity index (χ2n) is 7.39. The molecule has 2 atom stereocenters. The van der Waals surface area contributed by atoms with E-state index in [-0.39, 0.29) is 18.5 Å². The van der Waals surface area contributed by atoms with E-state index >= 15 is 0 Å². The summed E-state index contributed by atoms with van der Waals surface area (Å²) in [4.78, 5) is 13.7. The van der Waals surface area contributed by atoms with Gasteiger partial charge in [0.15, 0.2) is 0 Å². The van der Waals surface area contributed by atoms with Gasteiger partial charge in [0, 0.05) is 10.6 Å². The topological polar surface area (TPSA) is 64.9 Å². The zero-order chi connectivity index (χ0) is 21.3. The number of hydrogen-bond acceptors (Lipinski definition) is 4. The third-order valence-corrected chi connectivity index (χ3v) is 6.20. The lowest BCUT2D eigenvalue weighted by Gasteiger charge is -2.19. The molecule has 0 unspecified atom stereocenters. The van der Waals surface area contributed by atoms with Crippen molar-refractivity contribution in [3.05, 3.63) is 87.6 Å². The summed E-state index contributed by atoms with van der Waals surface area (Å²) in [6.45, 7) is 4.64. The molecule has 2 aromatic carbocycles. The summed E-state index contributed by atoms with van der Waals surface area (Å²) in [6.07, 6.45) is 1.48. The number of nitriles is 1. The Morgan fingerprint density at radius 2 is 1.77 bits per heavy atom. The molecule has 0 saturated heterocycles. The van der Waals surface area contributed by atoms with Crippen molar-refractivity contribution in [1.82, 2.24) is 5.32 Å². The zero-order valence-corrected chi connectivity index (χ0v) is 18.2. The van der Waals surface area contributed by atoms with E-state index < -0.39 is 0 Å². The van der Waals surface area contributed by atoms with E-state index in [0.29, 0.717) is 12.3 Å². The summed E-state index contributed by atoms with van der Waals surface area (Å²) in [5.74, 6) is 0.443. The molecular formula is C25H27N3OS. The Hall–Kier alpha value is -2.94. The van der Waals surface area contributed by atoms with Crippen LogP contribution in [0.25, 0.3) is 0 Å². The van der Waals surface area contributed by atoms with E-state index in [2.05, 4.69) is 66.3 Å². The Labute approximate surface area is 182 Å². The minimum atomic E-state index is -0.0965. The summed E-state index contributed by atoms with van der Waals surface area (Å²) in [5.41, 5.74) is 4.16. The van der Waals surface area contributed by atoms with Crippen molar-refractivity contribution in [3.63, 3.8) is 0 Å². The fraction of sp³-hybridized carbons (Fsp3) is 0.280. The van der Waals surface area contributed by atoms with Crippen molar-refractivity contribution in [3.8, 4) is 6.07 Å². The molecule has 1 aromatic heterocycles. The highest BCUT2D eigenvalue weighted by molar-refractivity contribution is 7.10. The molecule has 0 spiro atoms. The lowest BCUT2D eigenvalue weighted by Crippen LogP contribution is -2.31. The first-order chi connectivity index (χ1) is 14.6. The number of rotatable bonds is 9. The van der Waals surface area contributed by atoms with Crippen LogP contribution in [0.2, 0.25) is 0 Å². The summed E-state index contributed by atoms with van der Waals surface area (Å²) in [5, 5.41) is 17.1. The molecule has 0 aliphatic heterocycles. The van der Waals surface area contributed by atoms with Crippen LogP contribution in [0.1, 0.15) is 53.8 Å². The first-order valence-electron chi connectivity index (χ1n) is 10.2. The van der Waals surface area contributed by atoms with Crippen molar-refractivity contribution in [2.24, 2.45) is 0 Å². The lowest BCUT2D eigenvalue weighted by atomic mass is 9.95. The van der Waals surface area contributed by atoms with Crippen LogP contribution in [0.4, 0.5) is 5.69 Å². The van der Waals surface area contributed by atoms with Crippen LogP contribution in [0.15, 0.2) is 66.0 Å². The average Bonchev–Trinajstić information content (AvgIpc) is 3.30. The number of carbonyl (C=O) groups excluding carboxylic acids is 1. The number of nitrogens with zero attached hydrogens (tertiary/aromatic N) is 1. The van der Waals surface area contributed by atoms with Gasteiger partial charge in [0.05, 0.1) is 25.1 Å². The van der Waals surface area contributed by atoms with Crippen LogP contribution in [-0.4, -0.2) is 12.5 Å². The second kappa shape index (κ2) is 10.7. The Kier molecular flexibility index (Phi) is 7.78. The smallest absolute Gasteiger partial charge is 0.238 e. The number of hydrogen-bond donors (Lipinski definition) is 2. The number of anilines is 1. The van der Waals surface area contributed by atoms with E-state index in [1.165, 1.54) is 10.4 Å². The Morgan fingerprint density at radius 1 is 1.07 bits per heavy atom. The number of carbonyl (C=O) groups is 1. The van der Waals surface area contributed by atoms with Gasteiger partial charge in [-0.3, -0.25) is 10.1 Å². The van der Waals surface area contributed by atoms with Gasteiger partial charge in [-0.25, -0.2) is 0 Å². The minimum Gasteiger partial charge on any atom is -0.325 e. The molecule has 1 heterocycles. The summed E-state index contributed by atoms with van der Waals surface area (Å²) < 4.78 is 0. The summed E-state index contributed by atoms with van der Waals surface area (Å²) in [6, 6.07) is 22.3. The highest BCUT2D eigenvalue weighted by Crippen LogP contribution is 2.28. The standard InChI is InChI=1S/C25H27N3OS/c1-3-18(2)20-8-10-21(11-9-20)25(23-5-4-16-30-23)27-17-24(29)28-22-12-6-19(7-13-22)14-15-26/h4-13,16,18,25,27H,3,14,17H2,1-2H3,(H,28,29)/t18-,25-/m0/s1. The maximum absolute atomic E-state index is 12.5. The van der Waals surface area contributed by atoms with Gasteiger partial charge in [-0.15, -0.1) is 11.3 Å². The molecule has 0 bridgehead atoms. The number of thiophene rings is 1. The molecule has 0 aliphatic rings. The summed E-state index contributed by atoms with van der Waals surface area (Å²) >= 11 is 1.68. The average molecular weight is 418 g/mol. The SMILES string of the molecule is CC[C@H](C)c1ccc([C@H](NCC(=O)Nc2ccc(CC#N)cc2)c2cccs2)cc1. The van der Waals surface area contributed by atoms with Crippen molar-refractivity contribution in [1.29, 1.82) is 5.26 Å². The van der Waals surface area contributed by atoms with Crippen LogP contribution in [0, 0.1) is 11.3 Å². The predicted octanol–water partition coefficient (Wildman–Crippen LogP) is 5.65. The molecule has 5 heteroatoms. The first kappa shape index (κ1) is 21.8. The number of nitrogens with one attached hydrogen (secondary N) is 2. The van der Waals surface area contributed by atoms with Gasteiger partial charge in [-0.05, 0) is 52.6 Å². The number of amides is 1. The van der Waals surface area contributed by atoms with Crippen molar-refractivity contribution < 1.29 is 4.79 Å². The molecule has 30 heavy (non-hydrogen) atoms. The van der Waals surface area contributed by atoms with E-state index in [9.17, 15) is 4.79 Å². The van der Waals surface area contributed by atoms with Crippen LogP contribution in [-0.2, 0) is 11.2 Å². The monoisotopic (exact) mass is 417 g/mol. The predicted molar refractivity (Wildman–Crippen MR) is 124 cm³/mol. The van der Waals surface area contributed by atoms with Crippen molar-refractivity contribution in [2.45, 2.75) is 38.6 Å². The van der Waals surface area contributed by atoms with Crippen LogP contribution < -0.4 is 10.6 Å². The van der Waals surface area contributed by atoms with Crippen molar-refractivity contribution >= 4 is 22.9 Å². The fourth-order valence-corrected chi connectivity index (χ4v) is 4.11. The van der Waals surface area contributed by atoms with Gasteiger partial charge in [-0.1, -0.05) is 56.3 Å². The van der Waals surface area contributed by atoms with Gasteiger partial charge < -0.3 is 5.32 Å². The Morgan fingerprint density at radius 3 is 2.37 bits per heavy atom. The number of benzene rings is 2. The minimum absolute atomic E-state index is 0.0280. The Bertz CT molecular complexity index is 973. The molecule has 0 radical (unpaired) electrons. The van der Waals surface area contributed by atoms with Gasteiger partial charge in [0.2, 0.25) is 5.91 Å². The quantitative estimate of drug-likeness (QED) is 0.473. The molecular weight excluding hydrogens is 390 g/mol. The van der Waals surface area contributed by atoms with Gasteiger partial charge in [0.1, 0.15) is 0 Å². The highest BCUT2D eigenvalue weighted by atomic mass is 32.1. The zero-order valence-electron chi connectivity index (χ0n) is 17.4. The van der Waals surface area contributed by atoms with Crippen LogP contribution in [0.5, 0.6) is 0 Å². The third-order valence-electron chi connectivity index (χ3n) is 5.27. The molecule has 0 aliphatic carbocycles. The van der Waals surface area contributed by atoms with Gasteiger partial charge in [-0.2, -0.15) is 5.26 Å². The molecule has 0 fully saturated rings. The Balaban J connectivity index is 1.66. The first-order valence-corrected chi connectivity index (χ1v) is 11.1. The fourth-order valence-electron chi connectivity index (χ4n) is 3.29. The third kappa shape index (κ3) is 5.79. The molecule has 4 nitrogen and oxygen atoms in total. The van der Waals surface area contributed by atoms with Crippen LogP contribution >= 0.6 is 11.3 Å². The van der Waals surface area contributed by atoms with Crippen LogP contribution in [0.3, 0.4) is 0 Å². The molecule has 3 rings (SSSR count). The lowest BCUT2D eigenvalue weighted by molar-refractivity contribution is -0.115. The summed E-state index contributed by atoms with van der Waals surface area (Å²) in [7, 11) is 0. The van der Waals surface area contributed by atoms with Gasteiger partial charge >= 0.3 is 0 Å². The van der Waals surface area contributed by atoms with Crippen molar-refractivity contribution in [2.75, 3.05) is 11.9 Å². The molecule has 154 valence electrons. The maximum Gasteiger partial charge on any atom is 0.238 e. The maximum atomic E-state index is 12.5.